The van der Waals surface area contributed by atoms with Crippen molar-refractivity contribution in [3.63, 3.8) is 0 Å². The maximum Gasteiger partial charge on any atom is 0.237 e. The number of nitrogens with zero attached hydrogens (tertiary/aromatic N) is 6. The van der Waals surface area contributed by atoms with Gasteiger partial charge in [0.25, 0.3) is 0 Å². The predicted molar refractivity (Wildman–Crippen MR) is 135 cm³/mol. The van der Waals surface area contributed by atoms with Gasteiger partial charge in [-0.15, -0.1) is 0 Å². The van der Waals surface area contributed by atoms with E-state index in [4.69, 9.17) is 14.7 Å². The van der Waals surface area contributed by atoms with E-state index in [-0.39, 0.29) is 12.3 Å². The van der Waals surface area contributed by atoms with E-state index in [0.717, 1.165) is 11.3 Å². The van der Waals surface area contributed by atoms with E-state index < -0.39 is 0 Å². The number of amides is 1. The monoisotopic (exact) mass is 467 g/mol. The summed E-state index contributed by atoms with van der Waals surface area (Å²) in [6, 6.07) is 10.4. The molecule has 1 saturated heterocycles. The number of morpholine rings is 1. The van der Waals surface area contributed by atoms with E-state index in [1.54, 1.807) is 4.90 Å². The number of fused-ring (bicyclic) bond motifs is 2. The summed E-state index contributed by atoms with van der Waals surface area (Å²) in [5.74, 6) is 3.21. The Kier molecular flexibility index (Phi) is 4.93. The Labute approximate surface area is 203 Å². The molecule has 6 rings (SSSR count). The zero-order chi connectivity index (χ0) is 24.3. The van der Waals surface area contributed by atoms with Gasteiger partial charge in [-0.05, 0) is 30.5 Å². The van der Waals surface area contributed by atoms with E-state index in [1.807, 2.05) is 31.2 Å². The number of carbonyl (C=O) groups excluding carboxylic acids is 1. The van der Waals surface area contributed by atoms with Crippen LogP contribution in [0.15, 0.2) is 29.3 Å². The molecule has 3 aliphatic heterocycles. The summed E-state index contributed by atoms with van der Waals surface area (Å²) in [5.41, 5.74) is 3.16. The van der Waals surface area contributed by atoms with Crippen LogP contribution in [0.3, 0.4) is 0 Å². The highest BCUT2D eigenvalue weighted by Gasteiger charge is 2.36. The Hall–Kier alpha value is -4.03. The van der Waals surface area contributed by atoms with Gasteiger partial charge in [0.1, 0.15) is 34.9 Å². The molecule has 3 aliphatic rings. The van der Waals surface area contributed by atoms with Crippen LogP contribution >= 0.6 is 0 Å². The van der Waals surface area contributed by atoms with Crippen molar-refractivity contribution < 1.29 is 9.53 Å². The van der Waals surface area contributed by atoms with Crippen LogP contribution in [0.1, 0.15) is 43.4 Å². The van der Waals surface area contributed by atoms with Gasteiger partial charge in [-0.1, -0.05) is 26.0 Å². The molecule has 0 saturated carbocycles. The van der Waals surface area contributed by atoms with Gasteiger partial charge in [-0.2, -0.15) is 5.26 Å². The maximum absolute atomic E-state index is 13.4. The average molecular weight is 468 g/mol. The van der Waals surface area contributed by atoms with Crippen LogP contribution in [-0.4, -0.2) is 48.0 Å². The van der Waals surface area contributed by atoms with Gasteiger partial charge < -0.3 is 15.0 Å². The number of amidine groups is 1. The fraction of sp³-hybridized carbons (Fsp3) is 0.346. The summed E-state index contributed by atoms with van der Waals surface area (Å²) in [5, 5.41) is 14.9. The minimum absolute atomic E-state index is 0.0738. The van der Waals surface area contributed by atoms with Gasteiger partial charge in [-0.25, -0.2) is 15.0 Å². The number of carbonyl (C=O) groups is 1. The Morgan fingerprint density at radius 2 is 1.83 bits per heavy atom. The van der Waals surface area contributed by atoms with Gasteiger partial charge >= 0.3 is 0 Å². The number of aromatic nitrogens is 2. The van der Waals surface area contributed by atoms with Crippen LogP contribution < -0.4 is 15.1 Å². The molecule has 9 heteroatoms. The van der Waals surface area contributed by atoms with Gasteiger partial charge in [0.2, 0.25) is 5.91 Å². The van der Waals surface area contributed by atoms with Crippen LogP contribution in [-0.2, 0) is 16.0 Å². The molecule has 9 nitrogen and oxygen atoms in total. The molecule has 1 fully saturated rings. The predicted octanol–water partition coefficient (Wildman–Crippen LogP) is 4.16. The van der Waals surface area contributed by atoms with Crippen LogP contribution in [0.5, 0.6) is 0 Å². The van der Waals surface area contributed by atoms with E-state index in [2.05, 4.69) is 35.1 Å². The first kappa shape index (κ1) is 21.5. The van der Waals surface area contributed by atoms with Gasteiger partial charge in [0, 0.05) is 24.0 Å². The third-order valence-electron chi connectivity index (χ3n) is 6.79. The number of anilines is 4. The normalized spacial score (nSPS) is 16.9. The van der Waals surface area contributed by atoms with E-state index in [9.17, 15) is 10.1 Å². The van der Waals surface area contributed by atoms with Crippen molar-refractivity contribution in [1.82, 2.24) is 9.97 Å². The van der Waals surface area contributed by atoms with Gasteiger partial charge in [0.05, 0.1) is 30.7 Å². The first-order chi connectivity index (χ1) is 17.0. The molecule has 1 aromatic carbocycles. The highest BCUT2D eigenvalue weighted by atomic mass is 16.5. The summed E-state index contributed by atoms with van der Waals surface area (Å²) < 4.78 is 5.51. The molecular formula is C26H25N7O2. The third-order valence-corrected chi connectivity index (χ3v) is 6.79. The largest absolute Gasteiger partial charge is 0.378 e. The number of benzene rings is 1. The molecule has 3 aromatic rings. The van der Waals surface area contributed by atoms with Crippen molar-refractivity contribution >= 4 is 51.5 Å². The quantitative estimate of drug-likeness (QED) is 0.616. The average Bonchev–Trinajstić information content (AvgIpc) is 3.19. The maximum atomic E-state index is 13.4. The van der Waals surface area contributed by atoms with Crippen molar-refractivity contribution in [2.75, 3.05) is 41.4 Å². The topological polar surface area (TPSA) is 107 Å². The van der Waals surface area contributed by atoms with Crippen molar-refractivity contribution in [3.05, 3.63) is 41.0 Å². The minimum Gasteiger partial charge on any atom is -0.378 e. The fourth-order valence-electron chi connectivity index (χ4n) is 5.04. The number of nitriles is 1. The molecule has 1 amide bonds. The lowest BCUT2D eigenvalue weighted by Gasteiger charge is -2.30. The van der Waals surface area contributed by atoms with Gasteiger partial charge in [-0.3, -0.25) is 9.69 Å². The zero-order valence-corrected chi connectivity index (χ0v) is 19.9. The Bertz CT molecular complexity index is 1450. The Morgan fingerprint density at radius 1 is 1.09 bits per heavy atom. The summed E-state index contributed by atoms with van der Waals surface area (Å²) in [4.78, 5) is 31.4. The molecule has 0 aliphatic carbocycles. The molecule has 5 heterocycles. The third kappa shape index (κ3) is 3.33. The van der Waals surface area contributed by atoms with Crippen LogP contribution in [0.4, 0.5) is 29.0 Å². The number of nitrogens with one attached hydrogen (secondary N) is 1. The highest BCUT2D eigenvalue weighted by molar-refractivity contribution is 6.19. The second kappa shape index (κ2) is 8.03. The molecule has 176 valence electrons. The van der Waals surface area contributed by atoms with Crippen molar-refractivity contribution in [2.24, 2.45) is 4.99 Å². The lowest BCUT2D eigenvalue weighted by Crippen LogP contribution is -2.37. The molecule has 0 unspecified atom stereocenters. The number of rotatable bonds is 3. The second-order valence-electron chi connectivity index (χ2n) is 9.33. The van der Waals surface area contributed by atoms with Crippen LogP contribution in [0, 0.1) is 11.3 Å². The van der Waals surface area contributed by atoms with Crippen molar-refractivity contribution in [1.29, 1.82) is 5.26 Å². The van der Waals surface area contributed by atoms with E-state index >= 15 is 0 Å². The number of pyridine rings is 2. The number of hydrogen-bond donors (Lipinski definition) is 1. The molecule has 0 atom stereocenters. The molecule has 1 N–H and O–H groups in total. The van der Waals surface area contributed by atoms with E-state index in [0.29, 0.717) is 77.7 Å². The smallest absolute Gasteiger partial charge is 0.237 e. The van der Waals surface area contributed by atoms with Crippen molar-refractivity contribution in [2.45, 2.75) is 33.1 Å². The van der Waals surface area contributed by atoms with Crippen molar-refractivity contribution in [3.8, 4) is 6.07 Å². The highest BCUT2D eigenvalue weighted by Crippen LogP contribution is 2.47. The summed E-state index contributed by atoms with van der Waals surface area (Å²) >= 11 is 0. The Morgan fingerprint density at radius 3 is 2.51 bits per heavy atom. The lowest BCUT2D eigenvalue weighted by atomic mass is 9.99. The summed E-state index contributed by atoms with van der Waals surface area (Å²) in [6.07, 6.45) is 0.161. The van der Waals surface area contributed by atoms with E-state index in [1.165, 1.54) is 5.56 Å². The molecule has 35 heavy (non-hydrogen) atoms. The molecule has 2 aromatic heterocycles. The van der Waals surface area contributed by atoms with Gasteiger partial charge in [0.15, 0.2) is 5.82 Å². The fourth-order valence-corrected chi connectivity index (χ4v) is 5.04. The lowest BCUT2D eigenvalue weighted by molar-refractivity contribution is -0.116. The van der Waals surface area contributed by atoms with Crippen LogP contribution in [0.25, 0.3) is 10.8 Å². The molecule has 0 bridgehead atoms. The minimum atomic E-state index is -0.0738. The number of ether oxygens (including phenoxy) is 1. The summed E-state index contributed by atoms with van der Waals surface area (Å²) in [7, 11) is 0. The second-order valence-corrected chi connectivity index (χ2v) is 9.33. The summed E-state index contributed by atoms with van der Waals surface area (Å²) in [6.45, 7) is 8.55. The SMILES string of the molecule is CC1=Nc2nc(N3CCOCC3)c(C#N)c3c4c(nc(c23)N1)N(c1ccc(C(C)C)cc1)C(=O)C4. The number of hydrogen-bond acceptors (Lipinski definition) is 8. The van der Waals surface area contributed by atoms with Crippen LogP contribution in [0.2, 0.25) is 0 Å². The zero-order valence-electron chi connectivity index (χ0n) is 19.9. The number of aliphatic imine (C=N–C) groups is 1. The standard InChI is InChI=1S/C26H25N7O2/c1-14(2)16-4-6-17(7-5-16)33-20(34)12-18-21-19(13-27)25(32-8-10-35-11-9-32)30-23-22(21)24(31-26(18)33)29-15(3)28-23/h4-7,14H,8-12H2,1-3H3,(H,28,29,30,31). The first-order valence-electron chi connectivity index (χ1n) is 11.8. The molecule has 0 spiro atoms. The first-order valence-corrected chi connectivity index (χ1v) is 11.8. The molecule has 0 radical (unpaired) electrons. The Balaban J connectivity index is 1.60. The molecular weight excluding hydrogens is 442 g/mol.